The Morgan fingerprint density at radius 1 is 1.20 bits per heavy atom. The van der Waals surface area contributed by atoms with Crippen molar-refractivity contribution in [2.24, 2.45) is 0 Å². The molecule has 1 amide bonds. The van der Waals surface area contributed by atoms with Gasteiger partial charge in [-0.3, -0.25) is 9.59 Å². The summed E-state index contributed by atoms with van der Waals surface area (Å²) in [6.45, 7) is 6.92. The van der Waals surface area contributed by atoms with E-state index in [9.17, 15) is 32.3 Å². The molecule has 0 unspecified atom stereocenters. The molecule has 50 heavy (non-hydrogen) atoms. The third-order valence-electron chi connectivity index (χ3n) is 9.50. The summed E-state index contributed by atoms with van der Waals surface area (Å²) in [5.74, 6) is -1.60. The summed E-state index contributed by atoms with van der Waals surface area (Å²) in [6, 6.07) is 1.38. The monoisotopic (exact) mass is 699 g/mol. The first kappa shape index (κ1) is 33.6. The van der Waals surface area contributed by atoms with Crippen molar-refractivity contribution in [1.29, 1.82) is 0 Å². The van der Waals surface area contributed by atoms with Crippen LogP contribution in [-0.2, 0) is 28.7 Å². The number of fused-ring (bicyclic) bond motifs is 1. The van der Waals surface area contributed by atoms with Gasteiger partial charge in [0, 0.05) is 31.4 Å². The van der Waals surface area contributed by atoms with Crippen molar-refractivity contribution in [3.8, 4) is 5.88 Å². The van der Waals surface area contributed by atoms with Crippen LogP contribution in [0.5, 0.6) is 5.88 Å². The topological polar surface area (TPSA) is 135 Å². The molecule has 2 N–H and O–H groups in total. The lowest BCUT2D eigenvalue weighted by Crippen LogP contribution is -2.54. The van der Waals surface area contributed by atoms with E-state index in [4.69, 9.17) is 4.74 Å². The molecule has 3 aromatic heterocycles. The van der Waals surface area contributed by atoms with Crippen LogP contribution in [-0.4, -0.2) is 78.8 Å². The molecular formula is C33H37F4N9O4. The highest BCUT2D eigenvalue weighted by molar-refractivity contribution is 5.92. The van der Waals surface area contributed by atoms with Gasteiger partial charge in [0.15, 0.2) is 5.82 Å². The molecule has 266 valence electrons. The largest absolute Gasteiger partial charge is 0.492 e. The lowest BCUT2D eigenvalue weighted by Gasteiger charge is -2.42. The number of aromatic nitrogens is 6. The van der Waals surface area contributed by atoms with Crippen LogP contribution in [0.25, 0.3) is 11.4 Å². The maximum Gasteiger partial charge on any atom is 0.419 e. The second-order valence-corrected chi connectivity index (χ2v) is 13.0. The van der Waals surface area contributed by atoms with Crippen molar-refractivity contribution in [2.45, 2.75) is 71.3 Å². The number of halogens is 4. The number of nitrogens with one attached hydrogen (secondary N) is 1. The van der Waals surface area contributed by atoms with E-state index >= 15 is 0 Å². The molecule has 3 aliphatic rings. The molecular weight excluding hydrogens is 662 g/mol. The number of ether oxygens (including phenoxy) is 1. The molecule has 5 heterocycles. The molecule has 1 saturated carbocycles. The van der Waals surface area contributed by atoms with Gasteiger partial charge in [-0.05, 0) is 62.8 Å². The highest BCUT2D eigenvalue weighted by Gasteiger charge is 2.36. The van der Waals surface area contributed by atoms with E-state index in [-0.39, 0.29) is 41.5 Å². The van der Waals surface area contributed by atoms with Crippen LogP contribution in [0.2, 0.25) is 0 Å². The molecule has 2 aliphatic heterocycles. The van der Waals surface area contributed by atoms with Gasteiger partial charge in [-0.25, -0.2) is 9.07 Å². The average molecular weight is 700 g/mol. The Morgan fingerprint density at radius 3 is 2.64 bits per heavy atom. The first-order valence-electron chi connectivity index (χ1n) is 16.6. The van der Waals surface area contributed by atoms with E-state index in [1.165, 1.54) is 11.4 Å². The van der Waals surface area contributed by atoms with Gasteiger partial charge in [0.2, 0.25) is 17.6 Å². The zero-order valence-electron chi connectivity index (χ0n) is 27.8. The molecule has 0 bridgehead atoms. The second kappa shape index (κ2) is 12.8. The number of hydrogen-bond acceptors (Lipinski definition) is 9. The number of carbonyl (C=O) groups excluding carboxylic acids is 1. The number of aryl methyl sites for hydroxylation is 1. The van der Waals surface area contributed by atoms with Crippen LogP contribution < -0.4 is 20.7 Å². The lowest BCUT2D eigenvalue weighted by atomic mass is 10.1. The number of benzene rings is 1. The van der Waals surface area contributed by atoms with E-state index < -0.39 is 29.0 Å². The minimum absolute atomic E-state index is 0.0327. The Hall–Kier alpha value is -4.93. The fourth-order valence-corrected chi connectivity index (χ4v) is 6.82. The molecule has 1 aliphatic carbocycles. The summed E-state index contributed by atoms with van der Waals surface area (Å²) < 4.78 is 64.1. The Balaban J connectivity index is 1.25. The summed E-state index contributed by atoms with van der Waals surface area (Å²) in [4.78, 5) is 36.5. The van der Waals surface area contributed by atoms with Crippen molar-refractivity contribution < 1.29 is 32.2 Å². The quantitative estimate of drug-likeness (QED) is 0.258. The molecule has 4 aromatic rings. The maximum atomic E-state index is 14.5. The molecule has 7 rings (SSSR count). The first-order chi connectivity index (χ1) is 23.8. The van der Waals surface area contributed by atoms with Crippen molar-refractivity contribution in [2.75, 3.05) is 48.0 Å². The Morgan fingerprint density at radius 2 is 1.98 bits per heavy atom. The summed E-state index contributed by atoms with van der Waals surface area (Å²) in [5.41, 5.74) is 0.362. The Kier molecular flexibility index (Phi) is 8.56. The van der Waals surface area contributed by atoms with Crippen molar-refractivity contribution in [3.63, 3.8) is 0 Å². The third-order valence-corrected chi connectivity index (χ3v) is 9.50. The highest BCUT2D eigenvalue weighted by atomic mass is 19.4. The SMILES string of the molecule is CCc1c(N2CCN(c3cnn(C4CC4)c3O)[C@H](C)C2)c(=O)n2nc(C3=CCOCC3)nc2n1CC(=O)Nc1cc(F)c(C(F)(F)F)cc1C. The van der Waals surface area contributed by atoms with Gasteiger partial charge < -0.3 is 29.5 Å². The van der Waals surface area contributed by atoms with E-state index in [0.717, 1.165) is 18.4 Å². The fraction of sp³-hybridized carbons (Fsp3) is 0.485. The predicted molar refractivity (Wildman–Crippen MR) is 176 cm³/mol. The molecule has 1 atom stereocenters. The standard InChI is InChI=1S/C33H37F4N9O4/c1-4-25-28(42-9-10-43(19(3)16-42)26-15-38-45(30(26)48)21-5-6-21)31(49)46-32(40-29(41-46)20-7-11-50-12-8-20)44(25)17-27(47)39-24-14-23(34)22(13-18(24)2)33(35,36)37/h7,13-15,19,21,48H,4-6,8-12,16-17H2,1-3H3,(H,39,47)/t19-/m1/s1. The van der Waals surface area contributed by atoms with Gasteiger partial charge in [0.05, 0.1) is 36.7 Å². The summed E-state index contributed by atoms with van der Waals surface area (Å²) in [5, 5.41) is 22.4. The van der Waals surface area contributed by atoms with Crippen LogP contribution in [0.4, 0.5) is 34.6 Å². The van der Waals surface area contributed by atoms with E-state index in [1.54, 1.807) is 15.4 Å². The van der Waals surface area contributed by atoms with Gasteiger partial charge >= 0.3 is 6.18 Å². The van der Waals surface area contributed by atoms with Gasteiger partial charge in [0.25, 0.3) is 5.56 Å². The number of amides is 1. The predicted octanol–water partition coefficient (Wildman–Crippen LogP) is 4.31. The van der Waals surface area contributed by atoms with Crippen LogP contribution >= 0.6 is 0 Å². The van der Waals surface area contributed by atoms with Gasteiger partial charge in [-0.15, -0.1) is 5.10 Å². The van der Waals surface area contributed by atoms with E-state index in [1.807, 2.05) is 24.8 Å². The second-order valence-electron chi connectivity index (χ2n) is 13.0. The summed E-state index contributed by atoms with van der Waals surface area (Å²) in [7, 11) is 0. The average Bonchev–Trinajstić information content (AvgIpc) is 3.70. The number of carbonyl (C=O) groups is 1. The van der Waals surface area contributed by atoms with Crippen LogP contribution in [0.15, 0.2) is 29.2 Å². The lowest BCUT2D eigenvalue weighted by molar-refractivity contribution is -0.140. The number of rotatable bonds is 8. The molecule has 2 fully saturated rings. The highest BCUT2D eigenvalue weighted by Crippen LogP contribution is 2.41. The number of anilines is 3. The fourth-order valence-electron chi connectivity index (χ4n) is 6.82. The van der Waals surface area contributed by atoms with Crippen LogP contribution in [0.3, 0.4) is 0 Å². The molecule has 0 spiro atoms. The number of hydrogen-bond donors (Lipinski definition) is 2. The minimum Gasteiger partial charge on any atom is -0.492 e. The molecule has 1 saturated heterocycles. The van der Waals surface area contributed by atoms with Crippen LogP contribution in [0, 0.1) is 12.7 Å². The molecule has 0 radical (unpaired) electrons. The summed E-state index contributed by atoms with van der Waals surface area (Å²) >= 11 is 0. The van der Waals surface area contributed by atoms with Gasteiger partial charge in [0.1, 0.15) is 23.7 Å². The van der Waals surface area contributed by atoms with E-state index in [0.29, 0.717) is 80.7 Å². The molecule has 17 heteroatoms. The number of piperazine rings is 1. The smallest absolute Gasteiger partial charge is 0.419 e. The van der Waals surface area contributed by atoms with Gasteiger partial charge in [-0.1, -0.05) is 13.0 Å². The van der Waals surface area contributed by atoms with Gasteiger partial charge in [-0.2, -0.15) is 27.8 Å². The summed E-state index contributed by atoms with van der Waals surface area (Å²) in [6.07, 6.45) is 1.41. The third kappa shape index (κ3) is 6.07. The maximum absolute atomic E-state index is 14.5. The van der Waals surface area contributed by atoms with Crippen molar-refractivity contribution >= 4 is 34.3 Å². The Bertz CT molecular complexity index is 2060. The normalized spacial score (nSPS) is 18.5. The first-order valence-corrected chi connectivity index (χ1v) is 16.6. The molecule has 1 aromatic carbocycles. The zero-order valence-corrected chi connectivity index (χ0v) is 27.8. The van der Waals surface area contributed by atoms with E-state index in [2.05, 4.69) is 25.4 Å². The number of alkyl halides is 3. The Labute approximate surface area is 283 Å². The minimum atomic E-state index is -4.89. The molecule has 13 nitrogen and oxygen atoms in total. The number of aromatic hydroxyl groups is 1. The zero-order chi connectivity index (χ0) is 35.5. The van der Waals surface area contributed by atoms with Crippen molar-refractivity contribution in [3.05, 3.63) is 63.2 Å². The number of nitrogens with zero attached hydrogens (tertiary/aromatic N) is 8. The van der Waals surface area contributed by atoms with Crippen LogP contribution in [0.1, 0.15) is 61.8 Å². The van der Waals surface area contributed by atoms with Crippen molar-refractivity contribution in [1.82, 2.24) is 28.9 Å².